The van der Waals surface area contributed by atoms with Crippen LogP contribution in [0.3, 0.4) is 0 Å². The molecule has 1 aromatic carbocycles. The molecule has 1 aliphatic rings. The van der Waals surface area contributed by atoms with Crippen molar-refractivity contribution in [2.24, 2.45) is 0 Å². The van der Waals surface area contributed by atoms with Gasteiger partial charge < -0.3 is 20.3 Å². The minimum Gasteiger partial charge on any atom is -0.467 e. The first-order valence-electron chi connectivity index (χ1n) is 7.54. The van der Waals surface area contributed by atoms with Gasteiger partial charge in [0.25, 0.3) is 0 Å². The maximum Gasteiger partial charge on any atom is 0.328 e. The second-order valence-electron chi connectivity index (χ2n) is 5.40. The summed E-state index contributed by atoms with van der Waals surface area (Å²) in [6, 6.07) is 7.42. The third-order valence-corrected chi connectivity index (χ3v) is 3.75. The van der Waals surface area contributed by atoms with E-state index in [2.05, 4.69) is 15.4 Å². The third kappa shape index (κ3) is 4.21. The zero-order chi connectivity index (χ0) is 16.8. The van der Waals surface area contributed by atoms with Crippen LogP contribution in [0.15, 0.2) is 30.3 Å². The Labute approximate surface area is 135 Å². The van der Waals surface area contributed by atoms with Crippen molar-refractivity contribution in [1.29, 1.82) is 0 Å². The summed E-state index contributed by atoms with van der Waals surface area (Å²) in [5.41, 5.74) is 0.673. The summed E-state index contributed by atoms with van der Waals surface area (Å²) in [7, 11) is 1.26. The van der Waals surface area contributed by atoms with Crippen molar-refractivity contribution in [2.45, 2.75) is 31.8 Å². The van der Waals surface area contributed by atoms with Gasteiger partial charge in [0.05, 0.1) is 7.11 Å². The standard InChI is InChI=1S/C16H21N3O4/c1-11(15(21)23-2)17-14(20)13-9-6-10-19(13)16(22)18-12-7-4-3-5-8-12/h3-5,7-8,11,13H,6,9-10H2,1-2H3,(H,17,20)(H,18,22)/t11-,13+/m0/s1. The highest BCUT2D eigenvalue weighted by atomic mass is 16.5. The Morgan fingerprint density at radius 3 is 2.61 bits per heavy atom. The molecule has 0 aliphatic carbocycles. The highest BCUT2D eigenvalue weighted by Crippen LogP contribution is 2.19. The van der Waals surface area contributed by atoms with Crippen molar-refractivity contribution in [3.8, 4) is 0 Å². The molecular weight excluding hydrogens is 298 g/mol. The van der Waals surface area contributed by atoms with E-state index in [4.69, 9.17) is 0 Å². The van der Waals surface area contributed by atoms with Crippen molar-refractivity contribution in [3.63, 3.8) is 0 Å². The molecule has 1 aromatic rings. The van der Waals surface area contributed by atoms with Gasteiger partial charge in [0.2, 0.25) is 5.91 Å². The molecule has 1 saturated heterocycles. The minimum atomic E-state index is -0.743. The number of nitrogens with zero attached hydrogens (tertiary/aromatic N) is 1. The first kappa shape index (κ1) is 16.8. The summed E-state index contributed by atoms with van der Waals surface area (Å²) < 4.78 is 4.58. The monoisotopic (exact) mass is 319 g/mol. The number of benzene rings is 1. The average Bonchev–Trinajstić information content (AvgIpc) is 3.04. The van der Waals surface area contributed by atoms with E-state index in [-0.39, 0.29) is 11.9 Å². The number of esters is 1. The topological polar surface area (TPSA) is 87.7 Å². The van der Waals surface area contributed by atoms with Crippen molar-refractivity contribution < 1.29 is 19.1 Å². The summed E-state index contributed by atoms with van der Waals surface area (Å²) in [5, 5.41) is 5.36. The molecule has 0 aromatic heterocycles. The van der Waals surface area contributed by atoms with Gasteiger partial charge in [-0.1, -0.05) is 18.2 Å². The third-order valence-electron chi connectivity index (χ3n) is 3.75. The van der Waals surface area contributed by atoms with E-state index in [0.29, 0.717) is 18.7 Å². The molecule has 0 unspecified atom stereocenters. The summed E-state index contributed by atoms with van der Waals surface area (Å²) in [6.45, 7) is 2.05. The smallest absolute Gasteiger partial charge is 0.328 e. The second-order valence-corrected chi connectivity index (χ2v) is 5.40. The normalized spacial score (nSPS) is 18.2. The van der Waals surface area contributed by atoms with Crippen LogP contribution in [0.1, 0.15) is 19.8 Å². The van der Waals surface area contributed by atoms with Crippen LogP contribution in [0.2, 0.25) is 0 Å². The van der Waals surface area contributed by atoms with Crippen molar-refractivity contribution in [2.75, 3.05) is 19.0 Å². The van der Waals surface area contributed by atoms with Crippen molar-refractivity contribution in [3.05, 3.63) is 30.3 Å². The molecule has 0 spiro atoms. The van der Waals surface area contributed by atoms with Gasteiger partial charge in [-0.15, -0.1) is 0 Å². The van der Waals surface area contributed by atoms with Gasteiger partial charge in [0.15, 0.2) is 0 Å². The zero-order valence-corrected chi connectivity index (χ0v) is 13.2. The Balaban J connectivity index is 1.97. The van der Waals surface area contributed by atoms with E-state index in [9.17, 15) is 14.4 Å². The lowest BCUT2D eigenvalue weighted by Gasteiger charge is -2.25. The number of nitrogens with one attached hydrogen (secondary N) is 2. The number of rotatable bonds is 4. The Bertz CT molecular complexity index is 576. The molecule has 1 heterocycles. The van der Waals surface area contributed by atoms with Gasteiger partial charge in [-0.2, -0.15) is 0 Å². The second kappa shape index (κ2) is 7.62. The van der Waals surface area contributed by atoms with E-state index >= 15 is 0 Å². The van der Waals surface area contributed by atoms with Crippen LogP contribution in [0, 0.1) is 0 Å². The largest absolute Gasteiger partial charge is 0.467 e. The number of carbonyl (C=O) groups is 3. The molecule has 1 fully saturated rings. The molecular formula is C16H21N3O4. The summed E-state index contributed by atoms with van der Waals surface area (Å²) in [6.07, 6.45) is 1.31. The first-order valence-corrected chi connectivity index (χ1v) is 7.54. The number of para-hydroxylation sites is 1. The molecule has 124 valence electrons. The highest BCUT2D eigenvalue weighted by molar-refractivity contribution is 5.95. The molecule has 2 rings (SSSR count). The van der Waals surface area contributed by atoms with Crippen LogP contribution in [0.4, 0.5) is 10.5 Å². The number of hydrogen-bond donors (Lipinski definition) is 2. The highest BCUT2D eigenvalue weighted by Gasteiger charge is 2.35. The van der Waals surface area contributed by atoms with Gasteiger partial charge in [-0.3, -0.25) is 4.79 Å². The number of urea groups is 1. The average molecular weight is 319 g/mol. The number of amides is 3. The van der Waals surface area contributed by atoms with Crippen LogP contribution in [-0.2, 0) is 14.3 Å². The Kier molecular flexibility index (Phi) is 5.56. The fourth-order valence-electron chi connectivity index (χ4n) is 2.54. The SMILES string of the molecule is COC(=O)[C@H](C)NC(=O)[C@H]1CCCN1C(=O)Nc1ccccc1. The number of methoxy groups -OCH3 is 1. The van der Waals surface area contributed by atoms with E-state index in [1.165, 1.54) is 12.0 Å². The van der Waals surface area contributed by atoms with Gasteiger partial charge in [0.1, 0.15) is 12.1 Å². The van der Waals surface area contributed by atoms with Crippen molar-refractivity contribution >= 4 is 23.6 Å². The predicted molar refractivity (Wildman–Crippen MR) is 84.8 cm³/mol. The lowest BCUT2D eigenvalue weighted by molar-refractivity contribution is -0.144. The molecule has 2 atom stereocenters. The minimum absolute atomic E-state index is 0.320. The number of carbonyl (C=O) groups excluding carboxylic acids is 3. The van der Waals surface area contributed by atoms with E-state index in [0.717, 1.165) is 6.42 Å². The molecule has 0 bridgehead atoms. The molecule has 0 saturated carbocycles. The van der Waals surface area contributed by atoms with Gasteiger partial charge >= 0.3 is 12.0 Å². The molecule has 2 N–H and O–H groups in total. The molecule has 1 aliphatic heterocycles. The van der Waals surface area contributed by atoms with Crippen molar-refractivity contribution in [1.82, 2.24) is 10.2 Å². The molecule has 23 heavy (non-hydrogen) atoms. The van der Waals surface area contributed by atoms with E-state index < -0.39 is 18.1 Å². The summed E-state index contributed by atoms with van der Waals surface area (Å²) >= 11 is 0. The fraction of sp³-hybridized carbons (Fsp3) is 0.438. The maximum atomic E-state index is 12.3. The van der Waals surface area contributed by atoms with Crippen LogP contribution >= 0.6 is 0 Å². The van der Waals surface area contributed by atoms with Crippen LogP contribution in [0.25, 0.3) is 0 Å². The number of hydrogen-bond acceptors (Lipinski definition) is 4. The zero-order valence-electron chi connectivity index (χ0n) is 13.2. The van der Waals surface area contributed by atoms with Crippen LogP contribution in [0.5, 0.6) is 0 Å². The summed E-state index contributed by atoms with van der Waals surface area (Å²) in [4.78, 5) is 37.5. The van der Waals surface area contributed by atoms with Crippen LogP contribution in [-0.4, -0.2) is 48.5 Å². The van der Waals surface area contributed by atoms with Crippen LogP contribution < -0.4 is 10.6 Å². The molecule has 7 nitrogen and oxygen atoms in total. The lowest BCUT2D eigenvalue weighted by Crippen LogP contribution is -2.51. The summed E-state index contributed by atoms with van der Waals surface area (Å²) in [5.74, 6) is -0.861. The number of anilines is 1. The fourth-order valence-corrected chi connectivity index (χ4v) is 2.54. The number of ether oxygens (including phenoxy) is 1. The molecule has 7 heteroatoms. The molecule has 3 amide bonds. The lowest BCUT2D eigenvalue weighted by atomic mass is 10.2. The maximum absolute atomic E-state index is 12.3. The first-order chi connectivity index (χ1) is 11.0. The molecule has 0 radical (unpaired) electrons. The van der Waals surface area contributed by atoms with Gasteiger partial charge in [-0.05, 0) is 31.9 Å². The number of likely N-dealkylation sites (tertiary alicyclic amines) is 1. The quantitative estimate of drug-likeness (QED) is 0.820. The Morgan fingerprint density at radius 2 is 1.96 bits per heavy atom. The van der Waals surface area contributed by atoms with Gasteiger partial charge in [0, 0.05) is 12.2 Å². The van der Waals surface area contributed by atoms with E-state index in [1.807, 2.05) is 18.2 Å². The van der Waals surface area contributed by atoms with Gasteiger partial charge in [-0.25, -0.2) is 9.59 Å². The Morgan fingerprint density at radius 1 is 1.26 bits per heavy atom. The predicted octanol–water partition coefficient (Wildman–Crippen LogP) is 1.36. The van der Waals surface area contributed by atoms with E-state index in [1.54, 1.807) is 19.1 Å². The Hall–Kier alpha value is -2.57.